The lowest BCUT2D eigenvalue weighted by Crippen LogP contribution is -2.39. The first-order valence-electron chi connectivity index (χ1n) is 6.75. The molecule has 1 saturated heterocycles. The van der Waals surface area contributed by atoms with Crippen molar-refractivity contribution >= 4 is 16.5 Å². The minimum absolute atomic E-state index is 0.326. The van der Waals surface area contributed by atoms with Crippen LogP contribution in [0, 0.1) is 5.92 Å². The van der Waals surface area contributed by atoms with Crippen LogP contribution in [-0.4, -0.2) is 35.9 Å². The summed E-state index contributed by atoms with van der Waals surface area (Å²) in [5, 5.41) is 9.84. The monoisotopic (exact) mass is 308 g/mol. The van der Waals surface area contributed by atoms with Crippen molar-refractivity contribution in [1.29, 1.82) is 0 Å². The van der Waals surface area contributed by atoms with Gasteiger partial charge < -0.3 is 10.2 Å². The summed E-state index contributed by atoms with van der Waals surface area (Å²) >= 11 is 0.624. The van der Waals surface area contributed by atoms with Crippen LogP contribution in [0.2, 0.25) is 0 Å². The van der Waals surface area contributed by atoms with Crippen LogP contribution >= 0.6 is 11.3 Å². The fraction of sp³-hybridized carbons (Fsp3) is 0.833. The van der Waals surface area contributed by atoms with Crippen LogP contribution in [-0.2, 0) is 6.18 Å². The van der Waals surface area contributed by atoms with Crippen LogP contribution in [0.25, 0.3) is 0 Å². The molecule has 1 aromatic rings. The second-order valence-electron chi connectivity index (χ2n) is 5.48. The summed E-state index contributed by atoms with van der Waals surface area (Å²) in [5.74, 6) is 0.356. The molecule has 1 N–H and O–H groups in total. The maximum atomic E-state index is 12.6. The molecule has 20 heavy (non-hydrogen) atoms. The molecule has 2 rings (SSSR count). The van der Waals surface area contributed by atoms with Gasteiger partial charge in [-0.1, -0.05) is 25.2 Å². The zero-order valence-corrected chi connectivity index (χ0v) is 12.4. The highest BCUT2D eigenvalue weighted by atomic mass is 32.1. The molecule has 1 atom stereocenters. The number of nitrogens with one attached hydrogen (secondary N) is 1. The zero-order chi connectivity index (χ0) is 14.8. The number of hydrogen-bond acceptors (Lipinski definition) is 5. The van der Waals surface area contributed by atoms with E-state index in [1.807, 2.05) is 18.7 Å². The van der Waals surface area contributed by atoms with Crippen molar-refractivity contribution in [3.8, 4) is 0 Å². The van der Waals surface area contributed by atoms with Crippen LogP contribution in [0.5, 0.6) is 0 Å². The third-order valence-corrected chi connectivity index (χ3v) is 4.14. The molecule has 0 bridgehead atoms. The molecule has 4 nitrogen and oxygen atoms in total. The van der Waals surface area contributed by atoms with Gasteiger partial charge >= 0.3 is 6.18 Å². The van der Waals surface area contributed by atoms with Crippen LogP contribution in [0.3, 0.4) is 0 Å². The Morgan fingerprint density at radius 2 is 2.15 bits per heavy atom. The summed E-state index contributed by atoms with van der Waals surface area (Å²) in [4.78, 5) is 1.92. The lowest BCUT2D eigenvalue weighted by molar-refractivity contribution is -0.138. The highest BCUT2D eigenvalue weighted by molar-refractivity contribution is 7.15. The second-order valence-corrected chi connectivity index (χ2v) is 6.44. The first-order chi connectivity index (χ1) is 9.36. The summed E-state index contributed by atoms with van der Waals surface area (Å²) in [7, 11) is 0. The average molecular weight is 308 g/mol. The molecule has 1 aliphatic heterocycles. The molecule has 0 saturated carbocycles. The van der Waals surface area contributed by atoms with Gasteiger partial charge in [-0.2, -0.15) is 13.2 Å². The molecule has 1 fully saturated rings. The molecule has 8 heteroatoms. The molecular formula is C12H19F3N4S. The first-order valence-corrected chi connectivity index (χ1v) is 7.57. The SMILES string of the molecule is CC(C)CN(CC1CCCN1)c1nnc(C(F)(F)F)s1. The average Bonchev–Trinajstić information content (AvgIpc) is 2.97. The van der Waals surface area contributed by atoms with Gasteiger partial charge in [-0.25, -0.2) is 0 Å². The predicted molar refractivity (Wildman–Crippen MR) is 73.0 cm³/mol. The number of alkyl halides is 3. The topological polar surface area (TPSA) is 41.0 Å². The van der Waals surface area contributed by atoms with Crippen LogP contribution in [0.4, 0.5) is 18.3 Å². The summed E-state index contributed by atoms with van der Waals surface area (Å²) in [6.07, 6.45) is -2.24. The number of aromatic nitrogens is 2. The van der Waals surface area contributed by atoms with Crippen molar-refractivity contribution in [2.24, 2.45) is 5.92 Å². The third-order valence-electron chi connectivity index (χ3n) is 3.12. The molecule has 1 unspecified atom stereocenters. The maximum absolute atomic E-state index is 12.6. The summed E-state index contributed by atoms with van der Waals surface area (Å²) < 4.78 is 37.8. The molecule has 1 aromatic heterocycles. The number of halogens is 3. The molecule has 2 heterocycles. The fourth-order valence-corrected chi connectivity index (χ4v) is 3.04. The van der Waals surface area contributed by atoms with Gasteiger partial charge in [0.1, 0.15) is 0 Å². The third kappa shape index (κ3) is 4.05. The van der Waals surface area contributed by atoms with E-state index in [0.717, 1.165) is 19.4 Å². The molecular weight excluding hydrogens is 289 g/mol. The minimum Gasteiger partial charge on any atom is -0.345 e. The Bertz CT molecular complexity index is 427. The zero-order valence-electron chi connectivity index (χ0n) is 11.6. The normalized spacial score (nSPS) is 19.8. The maximum Gasteiger partial charge on any atom is 0.445 e. The summed E-state index contributed by atoms with van der Waals surface area (Å²) in [6, 6.07) is 0.326. The van der Waals surface area contributed by atoms with Gasteiger partial charge in [-0.05, 0) is 25.3 Å². The Morgan fingerprint density at radius 3 is 2.65 bits per heavy atom. The van der Waals surface area contributed by atoms with E-state index in [1.54, 1.807) is 0 Å². The Labute approximate surface area is 120 Å². The van der Waals surface area contributed by atoms with E-state index in [9.17, 15) is 13.2 Å². The van der Waals surface area contributed by atoms with E-state index in [1.165, 1.54) is 0 Å². The van der Waals surface area contributed by atoms with E-state index >= 15 is 0 Å². The van der Waals surface area contributed by atoms with E-state index in [4.69, 9.17) is 0 Å². The standard InChI is InChI=1S/C12H19F3N4S/c1-8(2)6-19(7-9-4-3-5-16-9)11-18-17-10(20-11)12(13,14)15/h8-9,16H,3-7H2,1-2H3. The quantitative estimate of drug-likeness (QED) is 0.908. The number of nitrogens with zero attached hydrogens (tertiary/aromatic N) is 3. The van der Waals surface area contributed by atoms with Crippen LogP contribution < -0.4 is 10.2 Å². The Balaban J connectivity index is 2.10. The van der Waals surface area contributed by atoms with E-state index < -0.39 is 11.2 Å². The molecule has 0 aliphatic carbocycles. The van der Waals surface area contributed by atoms with Gasteiger partial charge in [0.2, 0.25) is 10.1 Å². The molecule has 114 valence electrons. The van der Waals surface area contributed by atoms with E-state index in [-0.39, 0.29) is 0 Å². The molecule has 1 aliphatic rings. The lowest BCUT2D eigenvalue weighted by atomic mass is 10.2. The van der Waals surface area contributed by atoms with Gasteiger partial charge in [-0.3, -0.25) is 0 Å². The lowest BCUT2D eigenvalue weighted by Gasteiger charge is -2.26. The van der Waals surface area contributed by atoms with Crippen molar-refractivity contribution in [3.05, 3.63) is 5.01 Å². The number of anilines is 1. The van der Waals surface area contributed by atoms with E-state index in [0.29, 0.717) is 41.5 Å². The van der Waals surface area contributed by atoms with Gasteiger partial charge in [0.25, 0.3) is 0 Å². The van der Waals surface area contributed by atoms with Gasteiger partial charge in [0, 0.05) is 19.1 Å². The highest BCUT2D eigenvalue weighted by Gasteiger charge is 2.36. The van der Waals surface area contributed by atoms with Gasteiger partial charge in [0.15, 0.2) is 0 Å². The van der Waals surface area contributed by atoms with Crippen molar-refractivity contribution in [2.45, 2.75) is 38.9 Å². The Hall–Kier alpha value is -0.890. The van der Waals surface area contributed by atoms with Crippen molar-refractivity contribution in [3.63, 3.8) is 0 Å². The van der Waals surface area contributed by atoms with Crippen molar-refractivity contribution in [2.75, 3.05) is 24.5 Å². The molecule has 0 aromatic carbocycles. The van der Waals surface area contributed by atoms with Crippen molar-refractivity contribution in [1.82, 2.24) is 15.5 Å². The largest absolute Gasteiger partial charge is 0.445 e. The number of rotatable bonds is 5. The molecule has 0 radical (unpaired) electrons. The Kier molecular flexibility index (Phi) is 4.85. The second kappa shape index (κ2) is 6.26. The van der Waals surface area contributed by atoms with Gasteiger partial charge in [0.05, 0.1) is 0 Å². The molecule has 0 amide bonds. The van der Waals surface area contributed by atoms with E-state index in [2.05, 4.69) is 15.5 Å². The highest BCUT2D eigenvalue weighted by Crippen LogP contribution is 2.34. The predicted octanol–water partition coefficient (Wildman–Crippen LogP) is 2.77. The number of hydrogen-bond donors (Lipinski definition) is 1. The van der Waals surface area contributed by atoms with Crippen LogP contribution in [0.15, 0.2) is 0 Å². The fourth-order valence-electron chi connectivity index (χ4n) is 2.31. The molecule has 0 spiro atoms. The smallest absolute Gasteiger partial charge is 0.345 e. The summed E-state index contributed by atoms with van der Waals surface area (Å²) in [6.45, 7) is 6.43. The first kappa shape index (κ1) is 15.5. The minimum atomic E-state index is -4.41. The Morgan fingerprint density at radius 1 is 1.40 bits per heavy atom. The van der Waals surface area contributed by atoms with Crippen molar-refractivity contribution < 1.29 is 13.2 Å². The van der Waals surface area contributed by atoms with Crippen LogP contribution in [0.1, 0.15) is 31.7 Å². The van der Waals surface area contributed by atoms with Gasteiger partial charge in [-0.15, -0.1) is 10.2 Å². The summed E-state index contributed by atoms with van der Waals surface area (Å²) in [5.41, 5.74) is 0.